The third-order valence-corrected chi connectivity index (χ3v) is 3.63. The summed E-state index contributed by atoms with van der Waals surface area (Å²) in [7, 11) is 0. The van der Waals surface area contributed by atoms with Crippen molar-refractivity contribution in [3.63, 3.8) is 0 Å². The molecular formula is C17H18Br. The zero-order valence-electron chi connectivity index (χ0n) is 10.5. The van der Waals surface area contributed by atoms with Gasteiger partial charge in [-0.05, 0) is 41.7 Å². The van der Waals surface area contributed by atoms with Crippen molar-refractivity contribution in [1.29, 1.82) is 0 Å². The highest BCUT2D eigenvalue weighted by Crippen LogP contribution is 2.22. The Balaban J connectivity index is 2.05. The van der Waals surface area contributed by atoms with Gasteiger partial charge >= 0.3 is 0 Å². The van der Waals surface area contributed by atoms with Gasteiger partial charge in [-0.2, -0.15) is 0 Å². The Kier molecular flexibility index (Phi) is 5.00. The minimum absolute atomic E-state index is 1.04. The highest BCUT2D eigenvalue weighted by molar-refractivity contribution is 9.10. The molecule has 0 spiro atoms. The fourth-order valence-electron chi connectivity index (χ4n) is 2.01. The van der Waals surface area contributed by atoms with Crippen molar-refractivity contribution >= 4 is 15.9 Å². The van der Waals surface area contributed by atoms with Gasteiger partial charge in [-0.1, -0.05) is 72.1 Å². The van der Waals surface area contributed by atoms with E-state index in [2.05, 4.69) is 71.4 Å². The van der Waals surface area contributed by atoms with Gasteiger partial charge in [-0.25, -0.2) is 0 Å². The Bertz CT molecular complexity index is 468. The van der Waals surface area contributed by atoms with Gasteiger partial charge in [0, 0.05) is 4.47 Å². The monoisotopic (exact) mass is 301 g/mol. The van der Waals surface area contributed by atoms with E-state index in [-0.39, 0.29) is 0 Å². The fraction of sp³-hybridized carbons (Fsp3) is 0.235. The third-order valence-electron chi connectivity index (χ3n) is 3.10. The molecule has 93 valence electrons. The summed E-state index contributed by atoms with van der Waals surface area (Å²) in [6, 6.07) is 17.3. The van der Waals surface area contributed by atoms with E-state index in [0.717, 1.165) is 17.3 Å². The van der Waals surface area contributed by atoms with Crippen molar-refractivity contribution in [1.82, 2.24) is 0 Å². The molecule has 0 amide bonds. The van der Waals surface area contributed by atoms with Crippen LogP contribution in [0.2, 0.25) is 0 Å². The van der Waals surface area contributed by atoms with Crippen LogP contribution in [0.5, 0.6) is 0 Å². The summed E-state index contributed by atoms with van der Waals surface area (Å²) < 4.78 is 1.12. The number of hydrogen-bond donors (Lipinski definition) is 0. The second kappa shape index (κ2) is 6.75. The second-order valence-electron chi connectivity index (χ2n) is 4.51. The summed E-state index contributed by atoms with van der Waals surface area (Å²) in [5.41, 5.74) is 3.97. The molecule has 0 fully saturated rings. The molecule has 2 aromatic rings. The number of unbranched alkanes of at least 4 members (excludes halogenated alkanes) is 2. The van der Waals surface area contributed by atoms with Crippen LogP contribution in [0.1, 0.15) is 24.8 Å². The Labute approximate surface area is 118 Å². The summed E-state index contributed by atoms with van der Waals surface area (Å²) in [4.78, 5) is 0. The zero-order valence-corrected chi connectivity index (χ0v) is 12.1. The van der Waals surface area contributed by atoms with E-state index in [9.17, 15) is 0 Å². The summed E-state index contributed by atoms with van der Waals surface area (Å²) in [6.45, 7) is 3.87. The Morgan fingerprint density at radius 2 is 1.33 bits per heavy atom. The normalized spacial score (nSPS) is 10.6. The molecule has 0 unspecified atom stereocenters. The highest BCUT2D eigenvalue weighted by atomic mass is 79.9. The molecule has 0 atom stereocenters. The van der Waals surface area contributed by atoms with E-state index in [0.29, 0.717) is 0 Å². The summed E-state index contributed by atoms with van der Waals surface area (Å²) >= 11 is 3.46. The molecular weight excluding hydrogens is 284 g/mol. The standard InChI is InChI=1S/C17H18Br/c1-2-3-4-5-14-6-8-15(9-7-14)16-10-12-17(18)13-11-16/h6-13H,1-5H2. The molecule has 2 rings (SSSR count). The van der Waals surface area contributed by atoms with Crippen LogP contribution in [0.25, 0.3) is 11.1 Å². The molecule has 1 radical (unpaired) electrons. The van der Waals surface area contributed by atoms with Gasteiger partial charge in [-0.15, -0.1) is 0 Å². The lowest BCUT2D eigenvalue weighted by atomic mass is 10.0. The molecule has 0 aromatic heterocycles. The van der Waals surface area contributed by atoms with Crippen molar-refractivity contribution in [3.8, 4) is 11.1 Å². The number of hydrogen-bond acceptors (Lipinski definition) is 0. The molecule has 0 bridgehead atoms. The maximum Gasteiger partial charge on any atom is 0.0175 e. The minimum Gasteiger partial charge on any atom is -0.0584 e. The lowest BCUT2D eigenvalue weighted by molar-refractivity contribution is 0.746. The van der Waals surface area contributed by atoms with Crippen molar-refractivity contribution in [2.24, 2.45) is 0 Å². The Morgan fingerprint density at radius 1 is 0.778 bits per heavy atom. The maximum atomic E-state index is 3.87. The number of aryl methyl sites for hydroxylation is 1. The molecule has 0 saturated heterocycles. The average molecular weight is 302 g/mol. The average Bonchev–Trinajstić information content (AvgIpc) is 2.41. The number of benzene rings is 2. The van der Waals surface area contributed by atoms with Crippen molar-refractivity contribution in [2.45, 2.75) is 25.7 Å². The van der Waals surface area contributed by atoms with E-state index < -0.39 is 0 Å². The predicted molar refractivity (Wildman–Crippen MR) is 82.5 cm³/mol. The largest absolute Gasteiger partial charge is 0.0584 e. The molecule has 0 aliphatic rings. The van der Waals surface area contributed by atoms with Gasteiger partial charge in [0.2, 0.25) is 0 Å². The van der Waals surface area contributed by atoms with E-state index in [4.69, 9.17) is 0 Å². The van der Waals surface area contributed by atoms with E-state index in [1.807, 2.05) is 0 Å². The van der Waals surface area contributed by atoms with Gasteiger partial charge in [0.05, 0.1) is 0 Å². The Morgan fingerprint density at radius 3 is 1.89 bits per heavy atom. The van der Waals surface area contributed by atoms with Crippen LogP contribution in [0.4, 0.5) is 0 Å². The van der Waals surface area contributed by atoms with Gasteiger partial charge in [0.15, 0.2) is 0 Å². The maximum absolute atomic E-state index is 3.87. The molecule has 2 aromatic carbocycles. The van der Waals surface area contributed by atoms with Crippen molar-refractivity contribution < 1.29 is 0 Å². The van der Waals surface area contributed by atoms with Crippen LogP contribution in [-0.4, -0.2) is 0 Å². The first kappa shape index (κ1) is 13.4. The summed E-state index contributed by atoms with van der Waals surface area (Å²) in [6.07, 6.45) is 4.66. The minimum atomic E-state index is 1.04. The molecule has 0 saturated carbocycles. The Hall–Kier alpha value is -1.08. The van der Waals surface area contributed by atoms with Crippen LogP contribution in [-0.2, 0) is 6.42 Å². The van der Waals surface area contributed by atoms with Crippen molar-refractivity contribution in [3.05, 3.63) is 65.5 Å². The van der Waals surface area contributed by atoms with Crippen LogP contribution in [0, 0.1) is 6.92 Å². The van der Waals surface area contributed by atoms with Crippen LogP contribution >= 0.6 is 15.9 Å². The first-order valence-electron chi connectivity index (χ1n) is 6.44. The molecule has 0 heterocycles. The number of halogens is 1. The van der Waals surface area contributed by atoms with E-state index in [1.165, 1.54) is 29.5 Å². The lowest BCUT2D eigenvalue weighted by Gasteiger charge is -2.04. The SMILES string of the molecule is [CH2]CCCCc1ccc(-c2ccc(Br)cc2)cc1. The summed E-state index contributed by atoms with van der Waals surface area (Å²) in [5, 5.41) is 0. The number of rotatable bonds is 5. The van der Waals surface area contributed by atoms with Gasteiger partial charge in [-0.3, -0.25) is 0 Å². The van der Waals surface area contributed by atoms with Crippen LogP contribution < -0.4 is 0 Å². The first-order chi connectivity index (χ1) is 8.79. The smallest absolute Gasteiger partial charge is 0.0175 e. The quantitative estimate of drug-likeness (QED) is 0.625. The van der Waals surface area contributed by atoms with E-state index in [1.54, 1.807) is 0 Å². The van der Waals surface area contributed by atoms with Gasteiger partial charge in [0.1, 0.15) is 0 Å². The molecule has 0 nitrogen and oxygen atoms in total. The highest BCUT2D eigenvalue weighted by Gasteiger charge is 1.98. The topological polar surface area (TPSA) is 0 Å². The van der Waals surface area contributed by atoms with Gasteiger partial charge in [0.25, 0.3) is 0 Å². The van der Waals surface area contributed by atoms with Crippen LogP contribution in [0.15, 0.2) is 53.0 Å². The molecule has 0 aliphatic carbocycles. The predicted octanol–water partition coefficient (Wildman–Crippen LogP) is 5.66. The lowest BCUT2D eigenvalue weighted by Crippen LogP contribution is -1.85. The van der Waals surface area contributed by atoms with E-state index >= 15 is 0 Å². The van der Waals surface area contributed by atoms with Crippen molar-refractivity contribution in [2.75, 3.05) is 0 Å². The third kappa shape index (κ3) is 3.71. The summed E-state index contributed by atoms with van der Waals surface area (Å²) in [5.74, 6) is 0. The molecule has 1 heteroatoms. The van der Waals surface area contributed by atoms with Gasteiger partial charge < -0.3 is 0 Å². The fourth-order valence-corrected chi connectivity index (χ4v) is 2.28. The second-order valence-corrected chi connectivity index (χ2v) is 5.43. The van der Waals surface area contributed by atoms with Crippen LogP contribution in [0.3, 0.4) is 0 Å². The zero-order chi connectivity index (χ0) is 12.8. The molecule has 18 heavy (non-hydrogen) atoms. The molecule has 0 aliphatic heterocycles. The first-order valence-corrected chi connectivity index (χ1v) is 7.23. The molecule has 0 N–H and O–H groups in total.